The quantitative estimate of drug-likeness (QED) is 0.802. The summed E-state index contributed by atoms with van der Waals surface area (Å²) in [4.78, 5) is 11.5. The van der Waals surface area contributed by atoms with E-state index in [1.807, 2.05) is 12.1 Å². The van der Waals surface area contributed by atoms with Gasteiger partial charge in [0, 0.05) is 14.5 Å². The summed E-state index contributed by atoms with van der Waals surface area (Å²) in [6, 6.07) is 12.3. The molecule has 0 heterocycles. The number of halogens is 3. The zero-order valence-corrected chi connectivity index (χ0v) is 13.4. The summed E-state index contributed by atoms with van der Waals surface area (Å²) in [7, 11) is 0. The lowest BCUT2D eigenvalue weighted by Crippen LogP contribution is -2.14. The molecule has 2 aromatic rings. The van der Waals surface area contributed by atoms with Crippen LogP contribution < -0.4 is 0 Å². The molecular weight excluding hydrogens is 363 g/mol. The van der Waals surface area contributed by atoms with Crippen molar-refractivity contribution >= 4 is 45.1 Å². The SMILES string of the molecule is O=C(O)C(Cc1cc(Cl)ccc1Cl)c1cccc(Br)c1. The van der Waals surface area contributed by atoms with Crippen molar-refractivity contribution in [2.75, 3.05) is 0 Å². The van der Waals surface area contributed by atoms with Crippen molar-refractivity contribution in [1.29, 1.82) is 0 Å². The van der Waals surface area contributed by atoms with Gasteiger partial charge in [0.2, 0.25) is 0 Å². The fourth-order valence-electron chi connectivity index (χ4n) is 1.99. The Balaban J connectivity index is 2.35. The van der Waals surface area contributed by atoms with Crippen molar-refractivity contribution in [2.24, 2.45) is 0 Å². The summed E-state index contributed by atoms with van der Waals surface area (Å²) in [6.07, 6.45) is 0.297. The van der Waals surface area contributed by atoms with Crippen LogP contribution in [-0.4, -0.2) is 11.1 Å². The van der Waals surface area contributed by atoms with E-state index in [4.69, 9.17) is 23.2 Å². The fourth-order valence-corrected chi connectivity index (χ4v) is 2.80. The van der Waals surface area contributed by atoms with Crippen molar-refractivity contribution in [3.05, 3.63) is 68.1 Å². The molecule has 20 heavy (non-hydrogen) atoms. The molecule has 2 rings (SSSR count). The molecule has 104 valence electrons. The zero-order valence-electron chi connectivity index (χ0n) is 10.3. The number of aliphatic carboxylic acids is 1. The van der Waals surface area contributed by atoms with E-state index in [-0.39, 0.29) is 0 Å². The molecule has 1 unspecified atom stereocenters. The van der Waals surface area contributed by atoms with Crippen LogP contribution in [0.4, 0.5) is 0 Å². The van der Waals surface area contributed by atoms with Crippen LogP contribution >= 0.6 is 39.1 Å². The van der Waals surface area contributed by atoms with Crippen LogP contribution in [0.3, 0.4) is 0 Å². The minimum Gasteiger partial charge on any atom is -0.481 e. The topological polar surface area (TPSA) is 37.3 Å². The van der Waals surface area contributed by atoms with E-state index in [9.17, 15) is 9.90 Å². The van der Waals surface area contributed by atoms with Gasteiger partial charge in [-0.05, 0) is 47.9 Å². The van der Waals surface area contributed by atoms with Gasteiger partial charge in [-0.15, -0.1) is 0 Å². The maximum Gasteiger partial charge on any atom is 0.311 e. The fraction of sp³-hybridized carbons (Fsp3) is 0.133. The average molecular weight is 374 g/mol. The summed E-state index contributed by atoms with van der Waals surface area (Å²) < 4.78 is 0.846. The number of carboxylic acids is 1. The van der Waals surface area contributed by atoms with Gasteiger partial charge in [-0.3, -0.25) is 4.79 Å². The highest BCUT2D eigenvalue weighted by atomic mass is 79.9. The Kier molecular flexibility index (Phi) is 5.08. The second-order valence-corrected chi connectivity index (χ2v) is 6.14. The van der Waals surface area contributed by atoms with E-state index < -0.39 is 11.9 Å². The molecular formula is C15H11BrCl2O2. The average Bonchev–Trinajstić information content (AvgIpc) is 2.39. The molecule has 0 saturated heterocycles. The number of carbonyl (C=O) groups is 1. The van der Waals surface area contributed by atoms with E-state index in [0.717, 1.165) is 15.6 Å². The van der Waals surface area contributed by atoms with Gasteiger partial charge in [0.25, 0.3) is 0 Å². The summed E-state index contributed by atoms with van der Waals surface area (Å²) in [6.45, 7) is 0. The van der Waals surface area contributed by atoms with Crippen molar-refractivity contribution in [3.63, 3.8) is 0 Å². The van der Waals surface area contributed by atoms with Crippen LogP contribution in [0.25, 0.3) is 0 Å². The monoisotopic (exact) mass is 372 g/mol. The van der Waals surface area contributed by atoms with Gasteiger partial charge in [-0.25, -0.2) is 0 Å². The first kappa shape index (κ1) is 15.4. The number of carboxylic acid groups (broad SMARTS) is 1. The molecule has 0 bridgehead atoms. The molecule has 5 heteroatoms. The first-order valence-corrected chi connectivity index (χ1v) is 7.44. The molecule has 2 aromatic carbocycles. The van der Waals surface area contributed by atoms with Crippen LogP contribution in [0, 0.1) is 0 Å². The Labute approximate surface area is 135 Å². The second kappa shape index (κ2) is 6.61. The standard InChI is InChI=1S/C15H11BrCl2O2/c16-11-3-1-2-9(6-11)13(15(19)20)8-10-7-12(17)4-5-14(10)18/h1-7,13H,8H2,(H,19,20). The normalized spacial score (nSPS) is 12.2. The van der Waals surface area contributed by atoms with Gasteiger partial charge in [-0.2, -0.15) is 0 Å². The van der Waals surface area contributed by atoms with E-state index >= 15 is 0 Å². The van der Waals surface area contributed by atoms with Crippen LogP contribution in [0.2, 0.25) is 10.0 Å². The maximum absolute atomic E-state index is 11.5. The van der Waals surface area contributed by atoms with Crippen molar-refractivity contribution in [1.82, 2.24) is 0 Å². The van der Waals surface area contributed by atoms with Gasteiger partial charge in [0.15, 0.2) is 0 Å². The summed E-state index contributed by atoms with van der Waals surface area (Å²) in [5.41, 5.74) is 1.45. The highest BCUT2D eigenvalue weighted by Crippen LogP contribution is 2.29. The molecule has 1 N–H and O–H groups in total. The Hall–Kier alpha value is -1.03. The summed E-state index contributed by atoms with van der Waals surface area (Å²) in [5, 5.41) is 10.5. The van der Waals surface area contributed by atoms with Gasteiger partial charge in [0.05, 0.1) is 5.92 Å². The molecule has 0 aliphatic carbocycles. The summed E-state index contributed by atoms with van der Waals surface area (Å²) >= 11 is 15.4. The lowest BCUT2D eigenvalue weighted by atomic mass is 9.92. The molecule has 0 aliphatic heterocycles. The molecule has 0 aromatic heterocycles. The third-order valence-electron chi connectivity index (χ3n) is 2.98. The molecule has 0 saturated carbocycles. The first-order chi connectivity index (χ1) is 9.47. The van der Waals surface area contributed by atoms with Crippen LogP contribution in [0.1, 0.15) is 17.0 Å². The first-order valence-electron chi connectivity index (χ1n) is 5.89. The summed E-state index contributed by atoms with van der Waals surface area (Å²) in [5.74, 6) is -1.55. The van der Waals surface area contributed by atoms with Gasteiger partial charge in [0.1, 0.15) is 0 Å². The number of benzene rings is 2. The minimum atomic E-state index is -0.890. The van der Waals surface area contributed by atoms with E-state index in [2.05, 4.69) is 15.9 Å². The minimum absolute atomic E-state index is 0.297. The second-order valence-electron chi connectivity index (χ2n) is 4.39. The van der Waals surface area contributed by atoms with Crippen molar-refractivity contribution < 1.29 is 9.90 Å². The maximum atomic E-state index is 11.5. The van der Waals surface area contributed by atoms with E-state index in [0.29, 0.717) is 16.5 Å². The molecule has 1 atom stereocenters. The van der Waals surface area contributed by atoms with E-state index in [1.54, 1.807) is 30.3 Å². The van der Waals surface area contributed by atoms with Gasteiger partial charge >= 0.3 is 5.97 Å². The smallest absolute Gasteiger partial charge is 0.311 e. The number of hydrogen-bond donors (Lipinski definition) is 1. The van der Waals surface area contributed by atoms with Crippen molar-refractivity contribution in [2.45, 2.75) is 12.3 Å². The Bertz CT molecular complexity index is 644. The van der Waals surface area contributed by atoms with Crippen LogP contribution in [0.5, 0.6) is 0 Å². The Morgan fingerprint density at radius 2 is 1.95 bits per heavy atom. The molecule has 2 nitrogen and oxygen atoms in total. The third kappa shape index (κ3) is 3.75. The zero-order chi connectivity index (χ0) is 14.7. The number of rotatable bonds is 4. The van der Waals surface area contributed by atoms with Gasteiger partial charge < -0.3 is 5.11 Å². The molecule has 0 radical (unpaired) electrons. The Morgan fingerprint density at radius 1 is 1.20 bits per heavy atom. The molecule has 0 spiro atoms. The van der Waals surface area contributed by atoms with Crippen LogP contribution in [0.15, 0.2) is 46.9 Å². The van der Waals surface area contributed by atoms with Crippen LogP contribution in [-0.2, 0) is 11.2 Å². The lowest BCUT2D eigenvalue weighted by molar-refractivity contribution is -0.138. The lowest BCUT2D eigenvalue weighted by Gasteiger charge is -2.14. The van der Waals surface area contributed by atoms with Gasteiger partial charge in [-0.1, -0.05) is 51.3 Å². The molecule has 0 fully saturated rings. The highest BCUT2D eigenvalue weighted by Gasteiger charge is 2.21. The predicted octanol–water partition coefficient (Wildman–Crippen LogP) is 5.17. The highest BCUT2D eigenvalue weighted by molar-refractivity contribution is 9.10. The predicted molar refractivity (Wildman–Crippen MR) is 84.7 cm³/mol. The largest absolute Gasteiger partial charge is 0.481 e. The Morgan fingerprint density at radius 3 is 2.60 bits per heavy atom. The third-order valence-corrected chi connectivity index (χ3v) is 4.08. The molecule has 0 aliphatic rings. The van der Waals surface area contributed by atoms with E-state index in [1.165, 1.54) is 0 Å². The molecule has 0 amide bonds. The number of hydrogen-bond acceptors (Lipinski definition) is 1. The van der Waals surface area contributed by atoms with Crippen molar-refractivity contribution in [3.8, 4) is 0 Å².